The number of nitrogens with one attached hydrogen (secondary N) is 2. The van der Waals surface area contributed by atoms with Gasteiger partial charge in [-0.05, 0) is 95.1 Å². The van der Waals surface area contributed by atoms with E-state index in [1.54, 1.807) is 38.7 Å². The van der Waals surface area contributed by atoms with Crippen molar-refractivity contribution in [3.63, 3.8) is 0 Å². The maximum Gasteiger partial charge on any atom is 0.413 e. The van der Waals surface area contributed by atoms with Gasteiger partial charge in [0.25, 0.3) is 0 Å². The smallest absolute Gasteiger partial charge is 0.413 e. The minimum Gasteiger partial charge on any atom is -0.444 e. The molecule has 3 amide bonds. The molecule has 1 aromatic rings. The number of hydrogen-bond acceptors (Lipinski definition) is 6. The van der Waals surface area contributed by atoms with Crippen LogP contribution in [0.15, 0.2) is 12.3 Å². The summed E-state index contributed by atoms with van der Waals surface area (Å²) >= 11 is 0. The number of nitrogens with zero attached hydrogens (tertiary/aromatic N) is 2. The summed E-state index contributed by atoms with van der Waals surface area (Å²) in [5.74, 6) is 0.0209. The zero-order valence-electron chi connectivity index (χ0n) is 21.5. The Labute approximate surface area is 207 Å². The zero-order valence-corrected chi connectivity index (χ0v) is 21.5. The molecule has 1 aromatic heterocycles. The van der Waals surface area contributed by atoms with E-state index in [1.807, 2.05) is 0 Å². The fraction of sp³-hybridized carbons (Fsp3) is 0.692. The van der Waals surface area contributed by atoms with Gasteiger partial charge in [0.15, 0.2) is 0 Å². The van der Waals surface area contributed by atoms with Crippen molar-refractivity contribution >= 4 is 29.4 Å². The van der Waals surface area contributed by atoms with Crippen LogP contribution >= 0.6 is 0 Å². The number of carbonyl (C=O) groups is 3. The number of nitrogens with two attached hydrogens (primary N) is 1. The summed E-state index contributed by atoms with van der Waals surface area (Å²) in [6.45, 7) is 9.84. The molecule has 35 heavy (non-hydrogen) atoms. The fourth-order valence-corrected chi connectivity index (χ4v) is 6.10. The maximum atomic E-state index is 13.2. The molecule has 0 aromatic carbocycles. The average molecular weight is 486 g/mol. The molecule has 0 unspecified atom stereocenters. The van der Waals surface area contributed by atoms with E-state index in [1.165, 1.54) is 6.20 Å². The van der Waals surface area contributed by atoms with Crippen LogP contribution in [-0.4, -0.2) is 52.0 Å². The summed E-state index contributed by atoms with van der Waals surface area (Å²) in [6, 6.07) is 2.12. The molecule has 3 fully saturated rings. The SMILES string of the molecule is Cc1cc(NC(=O)C(=O)N2C[C@H](C)CC[C@H]2C2CC3(CC(N)C3)C2)cnc1NC(=O)OC(C)(C)C. The first kappa shape index (κ1) is 25.4. The second-order valence-electron chi connectivity index (χ2n) is 12.0. The van der Waals surface area contributed by atoms with E-state index in [2.05, 4.69) is 22.5 Å². The van der Waals surface area contributed by atoms with Crippen molar-refractivity contribution in [2.24, 2.45) is 23.0 Å². The third-order valence-electron chi connectivity index (χ3n) is 7.60. The minimum absolute atomic E-state index is 0.118. The predicted molar refractivity (Wildman–Crippen MR) is 134 cm³/mol. The van der Waals surface area contributed by atoms with E-state index in [0.717, 1.165) is 38.5 Å². The van der Waals surface area contributed by atoms with Crippen LogP contribution in [0.3, 0.4) is 0 Å². The molecule has 1 aliphatic heterocycles. The van der Waals surface area contributed by atoms with Gasteiger partial charge in [-0.3, -0.25) is 14.9 Å². The van der Waals surface area contributed by atoms with Gasteiger partial charge in [0.05, 0.1) is 11.9 Å². The van der Waals surface area contributed by atoms with Crippen LogP contribution in [0, 0.1) is 24.2 Å². The quantitative estimate of drug-likeness (QED) is 0.559. The number of aryl methyl sites for hydroxylation is 1. The number of aromatic nitrogens is 1. The van der Waals surface area contributed by atoms with E-state index >= 15 is 0 Å². The average Bonchev–Trinajstić information content (AvgIpc) is 2.70. The number of piperidine rings is 1. The Hall–Kier alpha value is -2.68. The van der Waals surface area contributed by atoms with Crippen molar-refractivity contribution < 1.29 is 19.1 Å². The van der Waals surface area contributed by atoms with E-state index < -0.39 is 23.5 Å². The second kappa shape index (κ2) is 9.41. The normalized spacial score (nSPS) is 30.2. The summed E-state index contributed by atoms with van der Waals surface area (Å²) in [4.78, 5) is 44.2. The van der Waals surface area contributed by atoms with Crippen LogP contribution in [-0.2, 0) is 14.3 Å². The van der Waals surface area contributed by atoms with Gasteiger partial charge in [-0.15, -0.1) is 0 Å². The van der Waals surface area contributed by atoms with Crippen molar-refractivity contribution in [1.29, 1.82) is 0 Å². The van der Waals surface area contributed by atoms with Crippen molar-refractivity contribution in [3.8, 4) is 0 Å². The maximum absolute atomic E-state index is 13.2. The number of rotatable bonds is 3. The van der Waals surface area contributed by atoms with E-state index in [4.69, 9.17) is 10.5 Å². The molecule has 4 rings (SSSR count). The fourth-order valence-electron chi connectivity index (χ4n) is 6.10. The van der Waals surface area contributed by atoms with Crippen LogP contribution in [0.1, 0.15) is 71.8 Å². The molecule has 0 radical (unpaired) electrons. The van der Waals surface area contributed by atoms with Crippen molar-refractivity contribution in [2.75, 3.05) is 17.2 Å². The van der Waals surface area contributed by atoms with E-state index in [9.17, 15) is 14.4 Å². The number of anilines is 2. The number of amides is 3. The Morgan fingerprint density at radius 3 is 2.43 bits per heavy atom. The molecular weight excluding hydrogens is 446 g/mol. The molecule has 9 heteroatoms. The lowest BCUT2D eigenvalue weighted by Gasteiger charge is -2.60. The monoisotopic (exact) mass is 485 g/mol. The largest absolute Gasteiger partial charge is 0.444 e. The third-order valence-corrected chi connectivity index (χ3v) is 7.60. The van der Waals surface area contributed by atoms with Crippen LogP contribution in [0.5, 0.6) is 0 Å². The first-order valence-corrected chi connectivity index (χ1v) is 12.7. The topological polar surface area (TPSA) is 127 Å². The highest BCUT2D eigenvalue weighted by Gasteiger charge is 2.55. The highest BCUT2D eigenvalue weighted by atomic mass is 16.6. The molecule has 0 bridgehead atoms. The summed E-state index contributed by atoms with van der Waals surface area (Å²) < 4.78 is 5.25. The van der Waals surface area contributed by atoms with Crippen molar-refractivity contribution in [3.05, 3.63) is 17.8 Å². The highest BCUT2D eigenvalue weighted by Crippen LogP contribution is 2.60. The van der Waals surface area contributed by atoms with Gasteiger partial charge in [-0.2, -0.15) is 0 Å². The molecule has 2 heterocycles. The molecule has 9 nitrogen and oxygen atoms in total. The Morgan fingerprint density at radius 2 is 1.83 bits per heavy atom. The number of hydrogen-bond donors (Lipinski definition) is 3. The van der Waals surface area contributed by atoms with Crippen LogP contribution < -0.4 is 16.4 Å². The molecule has 3 aliphatic rings. The predicted octanol–water partition coefficient (Wildman–Crippen LogP) is 3.82. The van der Waals surface area contributed by atoms with Gasteiger partial charge >= 0.3 is 17.9 Å². The molecule has 2 saturated carbocycles. The van der Waals surface area contributed by atoms with Gasteiger partial charge in [-0.25, -0.2) is 9.78 Å². The van der Waals surface area contributed by atoms with E-state index in [0.29, 0.717) is 46.9 Å². The number of pyridine rings is 1. The molecule has 2 aliphatic carbocycles. The van der Waals surface area contributed by atoms with E-state index in [-0.39, 0.29) is 6.04 Å². The summed E-state index contributed by atoms with van der Waals surface area (Å²) in [5, 5.41) is 5.31. The van der Waals surface area contributed by atoms with Gasteiger partial charge in [0.2, 0.25) is 0 Å². The Morgan fingerprint density at radius 1 is 1.14 bits per heavy atom. The zero-order chi connectivity index (χ0) is 25.5. The lowest BCUT2D eigenvalue weighted by molar-refractivity contribution is -0.152. The Kier molecular flexibility index (Phi) is 6.83. The molecule has 1 spiro atoms. The van der Waals surface area contributed by atoms with Crippen LogP contribution in [0.2, 0.25) is 0 Å². The van der Waals surface area contributed by atoms with Crippen LogP contribution in [0.4, 0.5) is 16.3 Å². The second-order valence-corrected chi connectivity index (χ2v) is 12.0. The molecular formula is C26H39N5O4. The molecule has 2 atom stereocenters. The number of likely N-dealkylation sites (tertiary alicyclic amines) is 1. The van der Waals surface area contributed by atoms with Gasteiger partial charge in [0, 0.05) is 18.6 Å². The van der Waals surface area contributed by atoms with Gasteiger partial charge in [-0.1, -0.05) is 6.92 Å². The van der Waals surface area contributed by atoms with Crippen LogP contribution in [0.25, 0.3) is 0 Å². The van der Waals surface area contributed by atoms with Gasteiger partial charge in [0.1, 0.15) is 11.4 Å². The van der Waals surface area contributed by atoms with Crippen molar-refractivity contribution in [2.45, 2.75) is 90.8 Å². The number of ether oxygens (including phenoxy) is 1. The lowest BCUT2D eigenvalue weighted by Crippen LogP contribution is -2.60. The Balaban J connectivity index is 1.37. The molecule has 192 valence electrons. The Bertz CT molecular complexity index is 990. The third kappa shape index (κ3) is 5.77. The summed E-state index contributed by atoms with van der Waals surface area (Å²) in [6.07, 6.45) is 7.25. The van der Waals surface area contributed by atoms with Gasteiger partial charge < -0.3 is 20.7 Å². The summed E-state index contributed by atoms with van der Waals surface area (Å²) in [5.41, 5.74) is 6.83. The highest BCUT2D eigenvalue weighted by molar-refractivity contribution is 6.39. The standard InChI is InChI=1S/C26H39N5O4/c1-15-6-7-20(17-9-26(10-17)11-18(27)12-26)31(14-15)23(33)22(32)29-19-8-16(2)21(28-13-19)30-24(34)35-25(3,4)5/h8,13,15,17-18,20H,6-7,9-12,14,27H2,1-5H3,(H,29,32)(H,28,30,34)/t15-,17?,18?,20+,26?/m1/s1. The number of carbonyl (C=O) groups excluding carboxylic acids is 3. The van der Waals surface area contributed by atoms with Crippen molar-refractivity contribution in [1.82, 2.24) is 9.88 Å². The first-order valence-electron chi connectivity index (χ1n) is 12.7. The first-order chi connectivity index (χ1) is 16.3. The molecule has 1 saturated heterocycles. The lowest BCUT2D eigenvalue weighted by atomic mass is 9.48. The molecule has 4 N–H and O–H groups in total. The minimum atomic E-state index is -0.655. The summed E-state index contributed by atoms with van der Waals surface area (Å²) in [7, 11) is 0.